The fourth-order valence-electron chi connectivity index (χ4n) is 1.89. The zero-order valence-corrected chi connectivity index (χ0v) is 11.3. The lowest BCUT2D eigenvalue weighted by Gasteiger charge is -2.22. The first-order valence-corrected chi connectivity index (χ1v) is 6.15. The molecule has 1 heterocycles. The Morgan fingerprint density at radius 3 is 2.71 bits per heavy atom. The molecule has 1 saturated carbocycles. The van der Waals surface area contributed by atoms with Crippen LogP contribution in [0.3, 0.4) is 0 Å². The maximum atomic E-state index is 12.2. The van der Waals surface area contributed by atoms with Gasteiger partial charge in [0.05, 0.1) is 5.41 Å². The smallest absolute Gasteiger partial charge is 0.231 e. The van der Waals surface area contributed by atoms with Gasteiger partial charge < -0.3 is 4.90 Å². The molecule has 0 aliphatic heterocycles. The largest absolute Gasteiger partial charge is 0.341 e. The number of pyridine rings is 1. The van der Waals surface area contributed by atoms with Crippen molar-refractivity contribution < 1.29 is 4.79 Å². The first kappa shape index (κ1) is 12.7. The first-order valence-electron chi connectivity index (χ1n) is 5.39. The summed E-state index contributed by atoms with van der Waals surface area (Å²) < 4.78 is -0.909. The number of aromatic nitrogens is 1. The highest BCUT2D eigenvalue weighted by molar-refractivity contribution is 6.53. The number of nitrogens with zero attached hydrogens (tertiary/aromatic N) is 2. The third kappa shape index (κ3) is 2.26. The Bertz CT molecular complexity index is 435. The summed E-state index contributed by atoms with van der Waals surface area (Å²) in [5, 5.41) is 0. The molecule has 1 atom stereocenters. The number of rotatable bonds is 3. The van der Waals surface area contributed by atoms with E-state index in [2.05, 4.69) is 4.98 Å². The Morgan fingerprint density at radius 2 is 2.24 bits per heavy atom. The molecule has 3 nitrogen and oxygen atoms in total. The van der Waals surface area contributed by atoms with Crippen molar-refractivity contribution in [1.82, 2.24) is 9.88 Å². The van der Waals surface area contributed by atoms with E-state index in [-0.39, 0.29) is 5.91 Å². The number of amides is 1. The molecule has 1 aliphatic rings. The zero-order valence-electron chi connectivity index (χ0n) is 9.78. The molecule has 1 aliphatic carbocycles. The van der Waals surface area contributed by atoms with Crippen LogP contribution < -0.4 is 0 Å². The van der Waals surface area contributed by atoms with Crippen LogP contribution in [0.4, 0.5) is 0 Å². The summed E-state index contributed by atoms with van der Waals surface area (Å²) in [6.07, 6.45) is 3.96. The molecular weight excluding hydrogens is 259 g/mol. The quantitative estimate of drug-likeness (QED) is 0.793. The summed E-state index contributed by atoms with van der Waals surface area (Å²) in [4.78, 5) is 17.8. The fourth-order valence-corrected chi connectivity index (χ4v) is 2.59. The van der Waals surface area contributed by atoms with Gasteiger partial charge in [-0.3, -0.25) is 9.78 Å². The van der Waals surface area contributed by atoms with Crippen LogP contribution in [-0.2, 0) is 11.3 Å². The van der Waals surface area contributed by atoms with Crippen LogP contribution in [0.25, 0.3) is 0 Å². The van der Waals surface area contributed by atoms with Gasteiger partial charge >= 0.3 is 0 Å². The highest BCUT2D eigenvalue weighted by Gasteiger charge is 2.68. The lowest BCUT2D eigenvalue weighted by atomic mass is 10.1. The Morgan fingerprint density at radius 1 is 1.59 bits per heavy atom. The molecule has 0 bridgehead atoms. The number of hydrogen-bond donors (Lipinski definition) is 0. The number of alkyl halides is 2. The van der Waals surface area contributed by atoms with E-state index in [1.807, 2.05) is 12.1 Å². The maximum absolute atomic E-state index is 12.2. The average molecular weight is 273 g/mol. The van der Waals surface area contributed by atoms with Crippen molar-refractivity contribution in [2.45, 2.75) is 24.2 Å². The van der Waals surface area contributed by atoms with Crippen LogP contribution in [0, 0.1) is 5.41 Å². The van der Waals surface area contributed by atoms with Gasteiger partial charge in [-0.05, 0) is 25.0 Å². The van der Waals surface area contributed by atoms with E-state index in [9.17, 15) is 4.79 Å². The summed E-state index contributed by atoms with van der Waals surface area (Å²) in [6.45, 7) is 2.32. The van der Waals surface area contributed by atoms with Crippen molar-refractivity contribution in [3.05, 3.63) is 30.1 Å². The predicted octanol–water partition coefficient (Wildman–Crippen LogP) is 2.62. The molecular formula is C12H14Cl2N2O. The van der Waals surface area contributed by atoms with Gasteiger partial charge in [0.25, 0.3) is 0 Å². The van der Waals surface area contributed by atoms with Gasteiger partial charge in [0, 0.05) is 26.0 Å². The number of carbonyl (C=O) groups excluding carboxylic acids is 1. The molecule has 0 unspecified atom stereocenters. The minimum atomic E-state index is -0.909. The van der Waals surface area contributed by atoms with Crippen molar-refractivity contribution >= 4 is 29.1 Å². The summed E-state index contributed by atoms with van der Waals surface area (Å²) in [5.41, 5.74) is 0.343. The van der Waals surface area contributed by atoms with E-state index in [1.54, 1.807) is 31.3 Å². The van der Waals surface area contributed by atoms with Crippen molar-refractivity contribution in [2.24, 2.45) is 5.41 Å². The van der Waals surface area contributed by atoms with Crippen LogP contribution in [-0.4, -0.2) is 27.2 Å². The predicted molar refractivity (Wildman–Crippen MR) is 67.9 cm³/mol. The lowest BCUT2D eigenvalue weighted by molar-refractivity contribution is -0.135. The number of halogens is 2. The minimum Gasteiger partial charge on any atom is -0.341 e. The summed E-state index contributed by atoms with van der Waals surface area (Å²) >= 11 is 12.0. The number of carbonyl (C=O) groups is 1. The molecule has 92 valence electrons. The normalized spacial score (nSPS) is 25.4. The monoisotopic (exact) mass is 272 g/mol. The molecule has 0 spiro atoms. The molecule has 17 heavy (non-hydrogen) atoms. The highest BCUT2D eigenvalue weighted by atomic mass is 35.5. The van der Waals surface area contributed by atoms with Gasteiger partial charge in [0.15, 0.2) is 0 Å². The second-order valence-electron chi connectivity index (χ2n) is 4.74. The second kappa shape index (κ2) is 4.14. The topological polar surface area (TPSA) is 33.2 Å². The van der Waals surface area contributed by atoms with E-state index in [1.165, 1.54) is 0 Å². The molecule has 5 heteroatoms. The van der Waals surface area contributed by atoms with Crippen molar-refractivity contribution in [2.75, 3.05) is 7.05 Å². The van der Waals surface area contributed by atoms with Gasteiger partial charge in [0.2, 0.25) is 5.91 Å². The second-order valence-corrected chi connectivity index (χ2v) is 6.22. The number of hydrogen-bond acceptors (Lipinski definition) is 2. The molecule has 0 N–H and O–H groups in total. The standard InChI is InChI=1S/C12H14Cl2N2O/c1-11(8-12(11,13)14)10(17)16(2)7-9-4-3-5-15-6-9/h3-6H,7-8H2,1-2H3/t11-/m1/s1. The van der Waals surface area contributed by atoms with E-state index < -0.39 is 9.75 Å². The average Bonchev–Trinajstić information content (AvgIpc) is 2.79. The SMILES string of the molecule is CN(Cc1cccnc1)C(=O)[C@@]1(C)CC1(Cl)Cl. The van der Waals surface area contributed by atoms with Crippen LogP contribution >= 0.6 is 23.2 Å². The molecule has 1 aromatic heterocycles. The lowest BCUT2D eigenvalue weighted by Crippen LogP contribution is -2.34. The highest BCUT2D eigenvalue weighted by Crippen LogP contribution is 2.64. The van der Waals surface area contributed by atoms with E-state index >= 15 is 0 Å². The van der Waals surface area contributed by atoms with Gasteiger partial charge in [-0.1, -0.05) is 6.07 Å². The maximum Gasteiger partial charge on any atom is 0.231 e. The van der Waals surface area contributed by atoms with Gasteiger partial charge in [0.1, 0.15) is 4.33 Å². The zero-order chi connectivity index (χ0) is 12.7. The van der Waals surface area contributed by atoms with Crippen molar-refractivity contribution in [3.8, 4) is 0 Å². The molecule has 0 saturated heterocycles. The Labute approximate surface area is 111 Å². The van der Waals surface area contributed by atoms with Gasteiger partial charge in [-0.25, -0.2) is 0 Å². The molecule has 0 aromatic carbocycles. The third-order valence-electron chi connectivity index (χ3n) is 3.22. The summed E-state index contributed by atoms with van der Waals surface area (Å²) in [7, 11) is 1.75. The summed E-state index contributed by atoms with van der Waals surface area (Å²) in [5.74, 6) is -0.0219. The van der Waals surface area contributed by atoms with E-state index in [4.69, 9.17) is 23.2 Å². The Hall–Kier alpha value is -0.800. The summed E-state index contributed by atoms with van der Waals surface area (Å²) in [6, 6.07) is 3.78. The van der Waals surface area contributed by atoms with Crippen LogP contribution in [0.15, 0.2) is 24.5 Å². The van der Waals surface area contributed by atoms with Crippen molar-refractivity contribution in [1.29, 1.82) is 0 Å². The molecule has 1 fully saturated rings. The van der Waals surface area contributed by atoms with Crippen LogP contribution in [0.1, 0.15) is 18.9 Å². The van der Waals surface area contributed by atoms with Crippen molar-refractivity contribution in [3.63, 3.8) is 0 Å². The van der Waals surface area contributed by atoms with Crippen LogP contribution in [0.2, 0.25) is 0 Å². The Kier molecular flexibility index (Phi) is 3.08. The Balaban J connectivity index is 2.03. The third-order valence-corrected chi connectivity index (χ3v) is 4.32. The minimum absolute atomic E-state index is 0.0219. The van der Waals surface area contributed by atoms with Crippen LogP contribution in [0.5, 0.6) is 0 Å². The fraction of sp³-hybridized carbons (Fsp3) is 0.500. The van der Waals surface area contributed by atoms with Gasteiger partial charge in [-0.15, -0.1) is 23.2 Å². The molecule has 1 amide bonds. The van der Waals surface area contributed by atoms with E-state index in [0.29, 0.717) is 13.0 Å². The first-order chi connectivity index (χ1) is 7.87. The molecule has 2 rings (SSSR count). The van der Waals surface area contributed by atoms with Gasteiger partial charge in [-0.2, -0.15) is 0 Å². The molecule has 1 aromatic rings. The molecule has 0 radical (unpaired) electrons. The van der Waals surface area contributed by atoms with E-state index in [0.717, 1.165) is 5.56 Å².